The van der Waals surface area contributed by atoms with Gasteiger partial charge in [-0.1, -0.05) is 6.07 Å². The number of ether oxygens (including phenoxy) is 2. The quantitative estimate of drug-likeness (QED) is 0.714. The monoisotopic (exact) mass is 322 g/mol. The number of aliphatic carboxylic acids is 1. The Labute approximate surface area is 135 Å². The van der Waals surface area contributed by atoms with Gasteiger partial charge in [0.15, 0.2) is 0 Å². The molecule has 1 aromatic rings. The molecule has 1 saturated heterocycles. The Morgan fingerprint density at radius 1 is 1.43 bits per heavy atom. The van der Waals surface area contributed by atoms with Gasteiger partial charge >= 0.3 is 12.0 Å². The second-order valence-corrected chi connectivity index (χ2v) is 5.47. The van der Waals surface area contributed by atoms with Crippen LogP contribution in [-0.2, 0) is 9.53 Å². The Hall–Kier alpha value is -2.28. The standard InChI is InChI=1S/C16H22N2O5/c1-11-4-5-13(18-16(21)17-7-6-15(19)20)14(9-11)23-10-12-3-2-8-22-12/h4-5,9,12H,2-3,6-8,10H2,1H3,(H,19,20)(H2,17,18,21). The van der Waals surface area contributed by atoms with E-state index >= 15 is 0 Å². The molecule has 1 aliphatic heterocycles. The maximum Gasteiger partial charge on any atom is 0.319 e. The van der Waals surface area contributed by atoms with E-state index in [2.05, 4.69) is 10.6 Å². The van der Waals surface area contributed by atoms with Gasteiger partial charge in [0.2, 0.25) is 0 Å². The molecule has 23 heavy (non-hydrogen) atoms. The lowest BCUT2D eigenvalue weighted by molar-refractivity contribution is -0.136. The molecule has 0 spiro atoms. The topological polar surface area (TPSA) is 96.9 Å². The summed E-state index contributed by atoms with van der Waals surface area (Å²) >= 11 is 0. The minimum Gasteiger partial charge on any atom is -0.489 e. The largest absolute Gasteiger partial charge is 0.489 e. The smallest absolute Gasteiger partial charge is 0.319 e. The Kier molecular flexibility index (Phi) is 6.22. The van der Waals surface area contributed by atoms with Crippen LogP contribution < -0.4 is 15.4 Å². The minimum atomic E-state index is -0.957. The van der Waals surface area contributed by atoms with Crippen LogP contribution in [0.25, 0.3) is 0 Å². The maximum atomic E-state index is 11.8. The van der Waals surface area contributed by atoms with Gasteiger partial charge < -0.3 is 25.2 Å². The van der Waals surface area contributed by atoms with Crippen molar-refractivity contribution in [3.8, 4) is 5.75 Å². The van der Waals surface area contributed by atoms with Crippen molar-refractivity contribution >= 4 is 17.7 Å². The van der Waals surface area contributed by atoms with Gasteiger partial charge in [-0.15, -0.1) is 0 Å². The predicted octanol–water partition coefficient (Wildman–Crippen LogP) is 2.15. The Morgan fingerprint density at radius 2 is 2.26 bits per heavy atom. The van der Waals surface area contributed by atoms with E-state index in [-0.39, 0.29) is 19.1 Å². The Balaban J connectivity index is 1.91. The number of benzene rings is 1. The number of rotatable bonds is 7. The maximum absolute atomic E-state index is 11.8. The molecule has 1 fully saturated rings. The summed E-state index contributed by atoms with van der Waals surface area (Å²) in [4.78, 5) is 22.2. The molecule has 0 bridgehead atoms. The average molecular weight is 322 g/mol. The van der Waals surface area contributed by atoms with E-state index in [1.54, 1.807) is 6.07 Å². The highest BCUT2D eigenvalue weighted by molar-refractivity contribution is 5.91. The number of carboxylic acids is 1. The van der Waals surface area contributed by atoms with Crippen LogP contribution in [0.1, 0.15) is 24.8 Å². The molecule has 0 saturated carbocycles. The van der Waals surface area contributed by atoms with Gasteiger partial charge in [-0.2, -0.15) is 0 Å². The molecule has 0 aromatic heterocycles. The summed E-state index contributed by atoms with van der Waals surface area (Å²) in [5.74, 6) is -0.380. The Morgan fingerprint density at radius 3 is 2.96 bits per heavy atom. The zero-order valence-electron chi connectivity index (χ0n) is 13.1. The summed E-state index contributed by atoms with van der Waals surface area (Å²) in [5.41, 5.74) is 1.56. The van der Waals surface area contributed by atoms with Crippen molar-refractivity contribution in [2.75, 3.05) is 25.1 Å². The normalized spacial score (nSPS) is 16.8. The highest BCUT2D eigenvalue weighted by atomic mass is 16.5. The fourth-order valence-corrected chi connectivity index (χ4v) is 2.26. The number of carbonyl (C=O) groups excluding carboxylic acids is 1. The van der Waals surface area contributed by atoms with Gasteiger partial charge in [-0.05, 0) is 37.5 Å². The van der Waals surface area contributed by atoms with Crippen molar-refractivity contribution in [3.05, 3.63) is 23.8 Å². The summed E-state index contributed by atoms with van der Waals surface area (Å²) in [5, 5.41) is 13.7. The van der Waals surface area contributed by atoms with Crippen molar-refractivity contribution in [1.29, 1.82) is 0 Å². The number of hydrogen-bond acceptors (Lipinski definition) is 4. The van der Waals surface area contributed by atoms with Crippen molar-refractivity contribution in [1.82, 2.24) is 5.32 Å². The zero-order valence-corrected chi connectivity index (χ0v) is 13.1. The van der Waals surface area contributed by atoms with Gasteiger partial charge in [0.25, 0.3) is 0 Å². The van der Waals surface area contributed by atoms with Crippen LogP contribution in [0, 0.1) is 6.92 Å². The number of aryl methyl sites for hydroxylation is 1. The van der Waals surface area contributed by atoms with Crippen LogP contribution >= 0.6 is 0 Å². The van der Waals surface area contributed by atoms with E-state index in [1.165, 1.54) is 0 Å². The number of carbonyl (C=O) groups is 2. The van der Waals surface area contributed by atoms with Gasteiger partial charge in [0.05, 0.1) is 18.2 Å². The van der Waals surface area contributed by atoms with E-state index in [4.69, 9.17) is 14.6 Å². The van der Waals surface area contributed by atoms with E-state index in [0.717, 1.165) is 25.0 Å². The molecule has 7 heteroatoms. The molecule has 7 nitrogen and oxygen atoms in total. The van der Waals surface area contributed by atoms with Crippen LogP contribution in [-0.4, -0.2) is 43.0 Å². The first kappa shape index (κ1) is 17.1. The highest BCUT2D eigenvalue weighted by Crippen LogP contribution is 2.26. The summed E-state index contributed by atoms with van der Waals surface area (Å²) in [6, 6.07) is 5.02. The van der Waals surface area contributed by atoms with Crippen molar-refractivity contribution in [2.24, 2.45) is 0 Å². The number of anilines is 1. The molecule has 1 heterocycles. The van der Waals surface area contributed by atoms with E-state index in [1.807, 2.05) is 19.1 Å². The fourth-order valence-electron chi connectivity index (χ4n) is 2.26. The molecule has 1 atom stereocenters. The first-order valence-electron chi connectivity index (χ1n) is 7.66. The van der Waals surface area contributed by atoms with Gasteiger partial charge in [0, 0.05) is 13.2 Å². The third-order valence-electron chi connectivity index (χ3n) is 3.46. The molecule has 0 aliphatic carbocycles. The predicted molar refractivity (Wildman–Crippen MR) is 84.9 cm³/mol. The summed E-state index contributed by atoms with van der Waals surface area (Å²) in [6.45, 7) is 3.21. The molecular weight excluding hydrogens is 300 g/mol. The van der Waals surface area contributed by atoms with Crippen LogP contribution in [0.4, 0.5) is 10.5 Å². The number of nitrogens with one attached hydrogen (secondary N) is 2. The molecule has 2 amide bonds. The number of hydrogen-bond donors (Lipinski definition) is 3. The van der Waals surface area contributed by atoms with Crippen LogP contribution in [0.3, 0.4) is 0 Å². The average Bonchev–Trinajstić information content (AvgIpc) is 3.00. The van der Waals surface area contributed by atoms with Crippen molar-refractivity contribution in [3.63, 3.8) is 0 Å². The molecule has 3 N–H and O–H groups in total. The first-order valence-corrected chi connectivity index (χ1v) is 7.66. The summed E-state index contributed by atoms with van der Waals surface area (Å²) < 4.78 is 11.3. The van der Waals surface area contributed by atoms with Crippen molar-refractivity contribution < 1.29 is 24.2 Å². The second kappa shape index (κ2) is 8.38. The number of amides is 2. The van der Waals surface area contributed by atoms with Crippen LogP contribution in [0.5, 0.6) is 5.75 Å². The molecule has 1 aliphatic rings. The van der Waals surface area contributed by atoms with Gasteiger partial charge in [0.1, 0.15) is 12.4 Å². The molecule has 1 unspecified atom stereocenters. The molecule has 0 radical (unpaired) electrons. The number of urea groups is 1. The third-order valence-corrected chi connectivity index (χ3v) is 3.46. The molecule has 2 rings (SSSR count). The fraction of sp³-hybridized carbons (Fsp3) is 0.500. The van der Waals surface area contributed by atoms with Crippen LogP contribution in [0.15, 0.2) is 18.2 Å². The molecule has 126 valence electrons. The molecule has 1 aromatic carbocycles. The van der Waals surface area contributed by atoms with E-state index < -0.39 is 12.0 Å². The SMILES string of the molecule is Cc1ccc(NC(=O)NCCC(=O)O)c(OCC2CCCO2)c1. The van der Waals surface area contributed by atoms with E-state index in [9.17, 15) is 9.59 Å². The third kappa shape index (κ3) is 5.78. The zero-order chi connectivity index (χ0) is 16.7. The lowest BCUT2D eigenvalue weighted by atomic mass is 10.2. The lowest BCUT2D eigenvalue weighted by Crippen LogP contribution is -2.30. The highest BCUT2D eigenvalue weighted by Gasteiger charge is 2.17. The lowest BCUT2D eigenvalue weighted by Gasteiger charge is -2.16. The van der Waals surface area contributed by atoms with E-state index in [0.29, 0.717) is 18.0 Å². The molecular formula is C16H22N2O5. The second-order valence-electron chi connectivity index (χ2n) is 5.47. The van der Waals surface area contributed by atoms with Gasteiger partial charge in [-0.25, -0.2) is 4.79 Å². The van der Waals surface area contributed by atoms with Gasteiger partial charge in [-0.3, -0.25) is 4.79 Å². The minimum absolute atomic E-state index is 0.0686. The first-order chi connectivity index (χ1) is 11.0. The number of carboxylic acid groups (broad SMARTS) is 1. The van der Waals surface area contributed by atoms with Crippen LogP contribution in [0.2, 0.25) is 0 Å². The van der Waals surface area contributed by atoms with Crippen molar-refractivity contribution in [2.45, 2.75) is 32.3 Å². The summed E-state index contributed by atoms with van der Waals surface area (Å²) in [7, 11) is 0. The Bertz CT molecular complexity index is 555. The summed E-state index contributed by atoms with van der Waals surface area (Å²) in [6.07, 6.45) is 1.99.